The molecule has 7 nitrogen and oxygen atoms in total. The molecule has 3 N–H and O–H groups in total. The number of pyridine rings is 2. The lowest BCUT2D eigenvalue weighted by molar-refractivity contribution is 0.0466. The number of carbonyl (C=O) groups excluding carboxylic acids is 1. The third-order valence-electron chi connectivity index (χ3n) is 6.85. The number of imidazole rings is 1. The molecule has 194 valence electrons. The number of halogens is 1. The van der Waals surface area contributed by atoms with Crippen LogP contribution in [0.3, 0.4) is 0 Å². The summed E-state index contributed by atoms with van der Waals surface area (Å²) < 4.78 is 21.2. The molecule has 0 saturated heterocycles. The maximum absolute atomic E-state index is 13.9. The molecule has 0 radical (unpaired) electrons. The summed E-state index contributed by atoms with van der Waals surface area (Å²) in [5.41, 5.74) is 12.9. The minimum absolute atomic E-state index is 0.0591. The molecule has 0 aliphatic rings. The highest BCUT2D eigenvalue weighted by Crippen LogP contribution is 2.31. The molecule has 4 aromatic heterocycles. The Morgan fingerprint density at radius 1 is 1.08 bits per heavy atom. The van der Waals surface area contributed by atoms with Gasteiger partial charge in [0.2, 0.25) is 5.82 Å². The molecule has 6 rings (SSSR count). The molecule has 0 aliphatic carbocycles. The van der Waals surface area contributed by atoms with Crippen molar-refractivity contribution in [2.24, 2.45) is 5.73 Å². The number of fused-ring (bicyclic) bond motifs is 2. The Balaban J connectivity index is 1.23. The average Bonchev–Trinajstić information content (AvgIpc) is 3.57. The number of hydrogen-bond donors (Lipinski definition) is 2. The molecule has 8 heteroatoms. The van der Waals surface area contributed by atoms with E-state index in [0.717, 1.165) is 38.7 Å². The molecule has 4 heterocycles. The van der Waals surface area contributed by atoms with Gasteiger partial charge in [0.15, 0.2) is 0 Å². The number of hydrogen-bond acceptors (Lipinski definition) is 5. The Bertz CT molecular complexity index is 1820. The van der Waals surface area contributed by atoms with Crippen molar-refractivity contribution in [2.75, 3.05) is 6.61 Å². The monoisotopic (exact) mass is 519 g/mol. The zero-order chi connectivity index (χ0) is 26.9. The predicted molar refractivity (Wildman–Crippen MR) is 149 cm³/mol. The summed E-state index contributed by atoms with van der Waals surface area (Å²) in [6.45, 7) is 1.78. The zero-order valence-electron chi connectivity index (χ0n) is 21.3. The molecule has 0 saturated carbocycles. The number of carbonyl (C=O) groups is 1. The molecule has 0 fully saturated rings. The normalized spacial score (nSPS) is 12.2. The van der Waals surface area contributed by atoms with Crippen LogP contribution in [0.25, 0.3) is 38.8 Å². The zero-order valence-corrected chi connectivity index (χ0v) is 21.3. The van der Waals surface area contributed by atoms with E-state index in [4.69, 9.17) is 10.5 Å². The minimum Gasteiger partial charge on any atom is -0.458 e. The second-order valence-electron chi connectivity index (χ2n) is 9.58. The fraction of sp³-hybridized carbons (Fsp3) is 0.129. The molecule has 1 atom stereocenters. The summed E-state index contributed by atoms with van der Waals surface area (Å²) in [5.74, 6) is -0.656. The van der Waals surface area contributed by atoms with Crippen LogP contribution in [0, 0.1) is 12.7 Å². The van der Waals surface area contributed by atoms with E-state index in [1.165, 1.54) is 6.07 Å². The highest BCUT2D eigenvalue weighted by molar-refractivity contribution is 5.88. The first kappa shape index (κ1) is 24.5. The summed E-state index contributed by atoms with van der Waals surface area (Å²) in [7, 11) is 0. The maximum Gasteiger partial charge on any atom is 0.374 e. The van der Waals surface area contributed by atoms with Crippen molar-refractivity contribution in [3.05, 3.63) is 114 Å². The Labute approximate surface area is 224 Å². The largest absolute Gasteiger partial charge is 0.458 e. The summed E-state index contributed by atoms with van der Waals surface area (Å²) in [6, 6.07) is 20.2. The van der Waals surface area contributed by atoms with E-state index >= 15 is 0 Å². The van der Waals surface area contributed by atoms with Gasteiger partial charge in [-0.05, 0) is 60.9 Å². The van der Waals surface area contributed by atoms with Gasteiger partial charge in [-0.3, -0.25) is 9.38 Å². The van der Waals surface area contributed by atoms with Crippen LogP contribution in [-0.4, -0.2) is 38.0 Å². The SMILES string of the molecule is Cc1cc(-c2ncccc2-c2ccc3cnc(C(=O)OC[C@@H](N)Cc4c[nH]c5ccccc45)n3c2)ccc1F. The van der Waals surface area contributed by atoms with Crippen LogP contribution in [0.4, 0.5) is 4.39 Å². The van der Waals surface area contributed by atoms with Gasteiger partial charge >= 0.3 is 5.97 Å². The first-order chi connectivity index (χ1) is 19.0. The molecular weight excluding hydrogens is 493 g/mol. The Morgan fingerprint density at radius 3 is 2.79 bits per heavy atom. The maximum atomic E-state index is 13.9. The van der Waals surface area contributed by atoms with Crippen molar-refractivity contribution < 1.29 is 13.9 Å². The van der Waals surface area contributed by atoms with Gasteiger partial charge in [0, 0.05) is 52.2 Å². The lowest BCUT2D eigenvalue weighted by Gasteiger charge is -2.12. The van der Waals surface area contributed by atoms with E-state index in [1.807, 2.05) is 60.9 Å². The van der Waals surface area contributed by atoms with E-state index in [2.05, 4.69) is 15.0 Å². The van der Waals surface area contributed by atoms with Crippen LogP contribution in [0.15, 0.2) is 91.5 Å². The standard InChI is InChI=1S/C31H26FN5O2/c1-19-13-20(9-11-27(19)32)29-26(6-4-12-34-29)21-8-10-24-16-36-30(37(24)17-21)31(38)39-18-23(33)14-22-15-35-28-7-3-2-5-25(22)28/h2-13,15-17,23,35H,14,18,33H2,1H3/t23-/m0/s1. The van der Waals surface area contributed by atoms with Crippen molar-refractivity contribution in [2.45, 2.75) is 19.4 Å². The summed E-state index contributed by atoms with van der Waals surface area (Å²) in [6.07, 6.45) is 7.67. The van der Waals surface area contributed by atoms with E-state index < -0.39 is 5.97 Å². The van der Waals surface area contributed by atoms with Crippen molar-refractivity contribution in [1.82, 2.24) is 19.4 Å². The number of aromatic nitrogens is 4. The molecule has 0 unspecified atom stereocenters. The van der Waals surface area contributed by atoms with E-state index in [9.17, 15) is 9.18 Å². The molecule has 6 aromatic rings. The number of esters is 1. The molecule has 0 spiro atoms. The molecular formula is C31H26FN5O2. The van der Waals surface area contributed by atoms with E-state index in [0.29, 0.717) is 17.7 Å². The van der Waals surface area contributed by atoms with Crippen LogP contribution in [0.1, 0.15) is 21.7 Å². The van der Waals surface area contributed by atoms with Crippen LogP contribution in [-0.2, 0) is 11.2 Å². The van der Waals surface area contributed by atoms with Gasteiger partial charge in [-0.1, -0.05) is 30.3 Å². The molecule has 39 heavy (non-hydrogen) atoms. The first-order valence-electron chi connectivity index (χ1n) is 12.6. The first-order valence-corrected chi connectivity index (χ1v) is 12.6. The van der Waals surface area contributed by atoms with Gasteiger partial charge in [-0.25, -0.2) is 14.2 Å². The van der Waals surface area contributed by atoms with Crippen LogP contribution >= 0.6 is 0 Å². The summed E-state index contributed by atoms with van der Waals surface area (Å²) in [5, 5.41) is 1.11. The van der Waals surface area contributed by atoms with Gasteiger partial charge < -0.3 is 15.5 Å². The van der Waals surface area contributed by atoms with Crippen LogP contribution < -0.4 is 5.73 Å². The summed E-state index contributed by atoms with van der Waals surface area (Å²) >= 11 is 0. The number of benzene rings is 2. The Hall–Kier alpha value is -4.82. The minimum atomic E-state index is -0.554. The quantitative estimate of drug-likeness (QED) is 0.263. The molecule has 2 aromatic carbocycles. The number of ether oxygens (including phenoxy) is 1. The number of nitrogens with one attached hydrogen (secondary N) is 1. The van der Waals surface area contributed by atoms with Crippen LogP contribution in [0.5, 0.6) is 0 Å². The van der Waals surface area contributed by atoms with Crippen molar-refractivity contribution in [1.29, 1.82) is 0 Å². The van der Waals surface area contributed by atoms with E-state index in [1.54, 1.807) is 35.9 Å². The van der Waals surface area contributed by atoms with E-state index in [-0.39, 0.29) is 24.3 Å². The third-order valence-corrected chi connectivity index (χ3v) is 6.85. The van der Waals surface area contributed by atoms with Gasteiger partial charge in [-0.15, -0.1) is 0 Å². The molecule has 0 aliphatic heterocycles. The summed E-state index contributed by atoms with van der Waals surface area (Å²) in [4.78, 5) is 25.1. The Morgan fingerprint density at radius 2 is 1.92 bits per heavy atom. The number of aromatic amines is 1. The van der Waals surface area contributed by atoms with Crippen molar-refractivity contribution in [3.8, 4) is 22.4 Å². The number of rotatable bonds is 7. The molecule has 0 amide bonds. The number of para-hydroxylation sites is 1. The van der Waals surface area contributed by atoms with Gasteiger partial charge in [-0.2, -0.15) is 0 Å². The number of H-pyrrole nitrogens is 1. The third kappa shape index (κ3) is 4.78. The second kappa shape index (κ2) is 10.2. The smallest absolute Gasteiger partial charge is 0.374 e. The highest BCUT2D eigenvalue weighted by atomic mass is 19.1. The fourth-order valence-electron chi connectivity index (χ4n) is 4.85. The van der Waals surface area contributed by atoms with Crippen LogP contribution in [0.2, 0.25) is 0 Å². The number of aryl methyl sites for hydroxylation is 1. The fourth-order valence-corrected chi connectivity index (χ4v) is 4.85. The average molecular weight is 520 g/mol. The highest BCUT2D eigenvalue weighted by Gasteiger charge is 2.18. The Kier molecular flexibility index (Phi) is 6.38. The van der Waals surface area contributed by atoms with Crippen molar-refractivity contribution in [3.63, 3.8) is 0 Å². The second-order valence-corrected chi connectivity index (χ2v) is 9.58. The van der Waals surface area contributed by atoms with Gasteiger partial charge in [0.25, 0.3) is 0 Å². The number of nitrogens with zero attached hydrogens (tertiary/aromatic N) is 3. The topological polar surface area (TPSA) is 98.3 Å². The van der Waals surface area contributed by atoms with Gasteiger partial charge in [0.1, 0.15) is 12.4 Å². The van der Waals surface area contributed by atoms with Crippen molar-refractivity contribution >= 4 is 22.4 Å². The number of nitrogens with two attached hydrogens (primary N) is 1. The predicted octanol–water partition coefficient (Wildman–Crippen LogP) is 5.72. The van der Waals surface area contributed by atoms with Gasteiger partial charge in [0.05, 0.1) is 17.4 Å². The lowest BCUT2D eigenvalue weighted by atomic mass is 9.99. The molecule has 0 bridgehead atoms. The lowest BCUT2D eigenvalue weighted by Crippen LogP contribution is -2.30.